The topological polar surface area (TPSA) is 84.2 Å². The molecule has 0 aromatic heterocycles. The number of carbonyl (C=O) groups excluding carboxylic acids is 2. The van der Waals surface area contributed by atoms with Gasteiger partial charge in [0, 0.05) is 6.04 Å². The van der Waals surface area contributed by atoms with Gasteiger partial charge >= 0.3 is 0 Å². The van der Waals surface area contributed by atoms with Gasteiger partial charge in [0.1, 0.15) is 23.2 Å². The third kappa shape index (κ3) is 5.14. The first-order chi connectivity index (χ1) is 11.8. The molecule has 1 aliphatic rings. The van der Waals surface area contributed by atoms with Gasteiger partial charge in [0.25, 0.3) is 5.91 Å². The summed E-state index contributed by atoms with van der Waals surface area (Å²) >= 11 is 0. The van der Waals surface area contributed by atoms with E-state index in [0.29, 0.717) is 6.54 Å². The van der Waals surface area contributed by atoms with E-state index in [1.807, 2.05) is 0 Å². The molecule has 146 valence electrons. The van der Waals surface area contributed by atoms with Crippen molar-refractivity contribution in [3.8, 4) is 0 Å². The largest absolute Gasteiger partial charge is 0.351 e. The van der Waals surface area contributed by atoms with Crippen LogP contribution in [-0.2, 0) is 4.79 Å². The number of amides is 2. The molecule has 1 saturated carbocycles. The van der Waals surface area contributed by atoms with Crippen LogP contribution < -0.4 is 16.4 Å². The number of carbonyl (C=O) groups is 2. The molecule has 1 aliphatic carbocycles. The van der Waals surface area contributed by atoms with Gasteiger partial charge < -0.3 is 16.4 Å². The lowest BCUT2D eigenvalue weighted by Gasteiger charge is -2.26. The van der Waals surface area contributed by atoms with E-state index < -0.39 is 29.1 Å². The molecule has 0 aliphatic heterocycles. The summed E-state index contributed by atoms with van der Waals surface area (Å²) in [6.07, 6.45) is 2.79. The first kappa shape index (κ1) is 22.3. The maximum absolute atomic E-state index is 13.8. The standard InChI is InChI=1S/C18H25F2N3O2.ClH/c1-10(2)16(18(25)22-14-8-3-5-11(14)9-21)23-17(24)15-12(19)6-4-7-13(15)20;/h4,6-7,10-11,14,16H,3,5,8-9,21H2,1-2H3,(H,22,25)(H,23,24);1H. The van der Waals surface area contributed by atoms with Gasteiger partial charge in [-0.1, -0.05) is 26.3 Å². The van der Waals surface area contributed by atoms with Gasteiger partial charge in [-0.25, -0.2) is 8.78 Å². The van der Waals surface area contributed by atoms with Crippen molar-refractivity contribution in [2.75, 3.05) is 6.54 Å². The highest BCUT2D eigenvalue weighted by atomic mass is 35.5. The Labute approximate surface area is 158 Å². The Hall–Kier alpha value is -1.73. The molecular weight excluding hydrogens is 364 g/mol. The molecule has 1 fully saturated rings. The van der Waals surface area contributed by atoms with Crippen molar-refractivity contribution in [1.82, 2.24) is 10.6 Å². The molecule has 4 N–H and O–H groups in total. The van der Waals surface area contributed by atoms with Gasteiger partial charge in [-0.3, -0.25) is 9.59 Å². The SMILES string of the molecule is CC(C)C(NC(=O)c1c(F)cccc1F)C(=O)NC1CCCC1CN.Cl. The number of benzene rings is 1. The molecule has 3 unspecified atom stereocenters. The first-order valence-corrected chi connectivity index (χ1v) is 8.60. The van der Waals surface area contributed by atoms with Crippen molar-refractivity contribution in [3.05, 3.63) is 35.4 Å². The zero-order chi connectivity index (χ0) is 18.6. The Morgan fingerprint density at radius 3 is 2.38 bits per heavy atom. The van der Waals surface area contributed by atoms with E-state index in [9.17, 15) is 18.4 Å². The van der Waals surface area contributed by atoms with E-state index in [2.05, 4.69) is 10.6 Å². The van der Waals surface area contributed by atoms with Crippen LogP contribution in [0.3, 0.4) is 0 Å². The van der Waals surface area contributed by atoms with E-state index >= 15 is 0 Å². The molecule has 0 heterocycles. The third-order valence-electron chi connectivity index (χ3n) is 4.72. The number of rotatable bonds is 6. The minimum absolute atomic E-state index is 0. The molecule has 2 rings (SSSR count). The number of hydrogen-bond donors (Lipinski definition) is 3. The van der Waals surface area contributed by atoms with E-state index in [1.54, 1.807) is 13.8 Å². The van der Waals surface area contributed by atoms with Crippen molar-refractivity contribution >= 4 is 24.2 Å². The molecule has 0 spiro atoms. The van der Waals surface area contributed by atoms with Crippen LogP contribution in [0.15, 0.2) is 18.2 Å². The highest BCUT2D eigenvalue weighted by Gasteiger charge is 2.32. The zero-order valence-corrected chi connectivity index (χ0v) is 15.7. The van der Waals surface area contributed by atoms with Gasteiger partial charge in [-0.15, -0.1) is 12.4 Å². The fourth-order valence-corrected chi connectivity index (χ4v) is 3.24. The van der Waals surface area contributed by atoms with Crippen LogP contribution in [0.4, 0.5) is 8.78 Å². The molecule has 0 bridgehead atoms. The van der Waals surface area contributed by atoms with Crippen LogP contribution in [0.1, 0.15) is 43.5 Å². The monoisotopic (exact) mass is 389 g/mol. The number of nitrogens with one attached hydrogen (secondary N) is 2. The fourth-order valence-electron chi connectivity index (χ4n) is 3.24. The lowest BCUT2D eigenvalue weighted by Crippen LogP contribution is -2.53. The summed E-state index contributed by atoms with van der Waals surface area (Å²) in [5.74, 6) is -3.23. The molecule has 0 saturated heterocycles. The Balaban J connectivity index is 0.00000338. The van der Waals surface area contributed by atoms with E-state index in [1.165, 1.54) is 6.07 Å². The van der Waals surface area contributed by atoms with Crippen LogP contribution >= 0.6 is 12.4 Å². The minimum Gasteiger partial charge on any atom is -0.351 e. The Bertz CT molecular complexity index is 623. The molecule has 1 aromatic carbocycles. The normalized spacial score (nSPS) is 20.4. The van der Waals surface area contributed by atoms with Gasteiger partial charge in [0.05, 0.1) is 0 Å². The second-order valence-electron chi connectivity index (χ2n) is 6.83. The van der Waals surface area contributed by atoms with Crippen molar-refractivity contribution < 1.29 is 18.4 Å². The molecule has 26 heavy (non-hydrogen) atoms. The second kappa shape index (κ2) is 9.83. The number of halogens is 3. The number of hydrogen-bond acceptors (Lipinski definition) is 3. The van der Waals surface area contributed by atoms with E-state index in [0.717, 1.165) is 31.4 Å². The Kier molecular flexibility index (Phi) is 8.43. The second-order valence-corrected chi connectivity index (χ2v) is 6.83. The van der Waals surface area contributed by atoms with Gasteiger partial charge in [-0.2, -0.15) is 0 Å². The van der Waals surface area contributed by atoms with Crippen molar-refractivity contribution in [1.29, 1.82) is 0 Å². The Morgan fingerprint density at radius 2 is 1.85 bits per heavy atom. The quantitative estimate of drug-likeness (QED) is 0.698. The summed E-state index contributed by atoms with van der Waals surface area (Å²) in [5.41, 5.74) is 5.04. The maximum atomic E-state index is 13.8. The predicted octanol–water partition coefficient (Wildman–Crippen LogP) is 2.38. The maximum Gasteiger partial charge on any atom is 0.257 e. The molecule has 5 nitrogen and oxygen atoms in total. The zero-order valence-electron chi connectivity index (χ0n) is 14.9. The summed E-state index contributed by atoms with van der Waals surface area (Å²) in [6, 6.07) is 2.28. The van der Waals surface area contributed by atoms with Crippen molar-refractivity contribution in [3.63, 3.8) is 0 Å². The smallest absolute Gasteiger partial charge is 0.257 e. The van der Waals surface area contributed by atoms with E-state index in [4.69, 9.17) is 5.73 Å². The molecular formula is C18H26ClF2N3O2. The molecule has 1 aromatic rings. The lowest BCUT2D eigenvalue weighted by molar-refractivity contribution is -0.124. The van der Waals surface area contributed by atoms with Crippen LogP contribution in [-0.4, -0.2) is 30.4 Å². The van der Waals surface area contributed by atoms with Crippen LogP contribution in [0.25, 0.3) is 0 Å². The summed E-state index contributed by atoms with van der Waals surface area (Å²) in [6.45, 7) is 4.01. The summed E-state index contributed by atoms with van der Waals surface area (Å²) in [5, 5.41) is 5.38. The molecule has 8 heteroatoms. The Morgan fingerprint density at radius 1 is 1.23 bits per heavy atom. The molecule has 3 atom stereocenters. The van der Waals surface area contributed by atoms with Gasteiger partial charge in [-0.05, 0) is 43.4 Å². The average Bonchev–Trinajstić information content (AvgIpc) is 2.99. The minimum atomic E-state index is -0.959. The summed E-state index contributed by atoms with van der Waals surface area (Å²) < 4.78 is 27.5. The number of nitrogens with two attached hydrogens (primary N) is 1. The van der Waals surface area contributed by atoms with Gasteiger partial charge in [0.15, 0.2) is 0 Å². The summed E-state index contributed by atoms with van der Waals surface area (Å²) in [4.78, 5) is 24.9. The fraction of sp³-hybridized carbons (Fsp3) is 0.556. The average molecular weight is 390 g/mol. The highest BCUT2D eigenvalue weighted by Crippen LogP contribution is 2.25. The predicted molar refractivity (Wildman–Crippen MR) is 98.0 cm³/mol. The molecule has 0 radical (unpaired) electrons. The highest BCUT2D eigenvalue weighted by molar-refractivity contribution is 5.98. The molecule has 2 amide bonds. The van der Waals surface area contributed by atoms with Crippen LogP contribution in [0.2, 0.25) is 0 Å². The lowest BCUT2D eigenvalue weighted by atomic mass is 10.00. The van der Waals surface area contributed by atoms with Crippen LogP contribution in [0.5, 0.6) is 0 Å². The van der Waals surface area contributed by atoms with Crippen LogP contribution in [0, 0.1) is 23.5 Å². The third-order valence-corrected chi connectivity index (χ3v) is 4.72. The van der Waals surface area contributed by atoms with Crippen molar-refractivity contribution in [2.45, 2.75) is 45.2 Å². The van der Waals surface area contributed by atoms with Crippen molar-refractivity contribution in [2.24, 2.45) is 17.6 Å². The summed E-state index contributed by atoms with van der Waals surface area (Å²) in [7, 11) is 0. The van der Waals surface area contributed by atoms with Gasteiger partial charge in [0.2, 0.25) is 5.91 Å². The van der Waals surface area contributed by atoms with E-state index in [-0.39, 0.29) is 36.2 Å². The first-order valence-electron chi connectivity index (χ1n) is 8.60.